The first-order valence-corrected chi connectivity index (χ1v) is 26.8. The molecule has 6 aromatic rings. The minimum Gasteiger partial charge on any atom is -0.387 e. The maximum atomic E-state index is 12.0. The molecule has 0 amide bonds. The maximum Gasteiger partial charge on any atom is 0.187 e. The second-order valence-corrected chi connectivity index (χ2v) is 20.1. The molecule has 4 fully saturated rings. The van der Waals surface area contributed by atoms with Crippen molar-refractivity contribution >= 4 is 0 Å². The lowest BCUT2D eigenvalue weighted by atomic mass is 9.95. The number of aliphatic hydroxyl groups is 2. The molecule has 11 rings (SSSR count). The number of fused-ring (bicyclic) bond motifs is 6. The molecule has 5 aliphatic rings. The predicted molar refractivity (Wildman–Crippen MR) is 281 cm³/mol. The lowest BCUT2D eigenvalue weighted by Crippen LogP contribution is -2.68. The van der Waals surface area contributed by atoms with Crippen molar-refractivity contribution in [3.8, 4) is 0 Å². The van der Waals surface area contributed by atoms with E-state index < -0.39 is 98.4 Å². The van der Waals surface area contributed by atoms with Crippen LogP contribution in [0.25, 0.3) is 0 Å². The zero-order valence-corrected chi connectivity index (χ0v) is 43.5. The lowest BCUT2D eigenvalue weighted by molar-refractivity contribution is -0.401. The van der Waals surface area contributed by atoms with Crippen LogP contribution in [-0.2, 0) is 106 Å². The SMILES string of the molecule is CO[C@H]1O[C@H](COCc2ccccc2)[C@@H]2OCc3cccc(c3)COC[C@H]3O[C@@H](O[C@@H]2[C@H]1OCc1ccccc1)[C@H](OCc1ccccc1)[C@@H](OCc1ccccc1)[C@@H]3O[C@H]1O[C@@H]2CO[C@@H](c3ccccc3)O[C@H]2[C@H](O)[C@H]1O. The van der Waals surface area contributed by atoms with E-state index in [0.29, 0.717) is 6.61 Å². The van der Waals surface area contributed by atoms with Gasteiger partial charge < -0.3 is 76.5 Å². The highest BCUT2D eigenvalue weighted by atomic mass is 16.8. The minimum absolute atomic E-state index is 0.0357. The molecule has 0 spiro atoms. The molecule has 5 heterocycles. The monoisotopic (exact) mass is 1070 g/mol. The van der Waals surface area contributed by atoms with Gasteiger partial charge in [0.15, 0.2) is 25.2 Å². The average Bonchev–Trinajstić information content (AvgIpc) is 3.61. The number of hydrogen-bond donors (Lipinski definition) is 2. The second kappa shape index (κ2) is 26.8. The van der Waals surface area contributed by atoms with Crippen LogP contribution in [0.2, 0.25) is 0 Å². The van der Waals surface area contributed by atoms with Crippen molar-refractivity contribution in [2.75, 3.05) is 26.9 Å². The first-order chi connectivity index (χ1) is 38.4. The van der Waals surface area contributed by atoms with Crippen LogP contribution in [0.5, 0.6) is 0 Å². The van der Waals surface area contributed by atoms with Gasteiger partial charge >= 0.3 is 0 Å². The van der Waals surface area contributed by atoms with Crippen molar-refractivity contribution in [3.05, 3.63) is 215 Å². The fourth-order valence-corrected chi connectivity index (χ4v) is 10.6. The molecular formula is C62H68O16. The van der Waals surface area contributed by atoms with E-state index in [1.807, 2.05) is 176 Å². The Hall–Kier alpha value is -5.32. The summed E-state index contributed by atoms with van der Waals surface area (Å²) in [6.07, 6.45) is -16.7. The van der Waals surface area contributed by atoms with Crippen molar-refractivity contribution < 1.29 is 76.5 Å². The molecule has 2 N–H and O–H groups in total. The van der Waals surface area contributed by atoms with Gasteiger partial charge in [-0.1, -0.05) is 176 Å². The lowest BCUT2D eigenvalue weighted by Gasteiger charge is -2.51. The largest absolute Gasteiger partial charge is 0.387 e. The topological polar surface area (TPSA) is 170 Å². The van der Waals surface area contributed by atoms with Gasteiger partial charge in [0.25, 0.3) is 0 Å². The van der Waals surface area contributed by atoms with Gasteiger partial charge in [0.1, 0.15) is 73.2 Å². The molecule has 16 nitrogen and oxygen atoms in total. The van der Waals surface area contributed by atoms with Gasteiger partial charge in [-0.3, -0.25) is 0 Å². The Bertz CT molecular complexity index is 2710. The van der Waals surface area contributed by atoms with Crippen LogP contribution in [0, 0.1) is 0 Å². The summed E-state index contributed by atoms with van der Waals surface area (Å²) in [4.78, 5) is 0. The summed E-state index contributed by atoms with van der Waals surface area (Å²) in [6, 6.07) is 56.7. The number of rotatable bonds is 17. The summed E-state index contributed by atoms with van der Waals surface area (Å²) in [5.74, 6) is 0. The summed E-state index contributed by atoms with van der Waals surface area (Å²) in [5, 5.41) is 23.9. The van der Waals surface area contributed by atoms with E-state index in [9.17, 15) is 10.2 Å². The Labute approximate surface area is 454 Å². The third-order valence-electron chi connectivity index (χ3n) is 14.6. The van der Waals surface area contributed by atoms with E-state index in [1.165, 1.54) is 0 Å². The van der Waals surface area contributed by atoms with Crippen molar-refractivity contribution in [1.29, 1.82) is 0 Å². The predicted octanol–water partition coefficient (Wildman–Crippen LogP) is 7.50. The Morgan fingerprint density at radius 3 is 1.67 bits per heavy atom. The summed E-state index contributed by atoms with van der Waals surface area (Å²) < 4.78 is 94.6. The van der Waals surface area contributed by atoms with Crippen LogP contribution < -0.4 is 0 Å². The van der Waals surface area contributed by atoms with Gasteiger partial charge in [-0.05, 0) is 33.4 Å². The maximum absolute atomic E-state index is 12.0. The molecule has 412 valence electrons. The fourth-order valence-electron chi connectivity index (χ4n) is 10.6. The van der Waals surface area contributed by atoms with Crippen molar-refractivity contribution in [1.82, 2.24) is 0 Å². The van der Waals surface area contributed by atoms with Crippen molar-refractivity contribution in [2.45, 2.75) is 138 Å². The first-order valence-electron chi connectivity index (χ1n) is 26.8. The van der Waals surface area contributed by atoms with Crippen molar-refractivity contribution in [3.63, 3.8) is 0 Å². The van der Waals surface area contributed by atoms with Crippen molar-refractivity contribution in [2.24, 2.45) is 0 Å². The van der Waals surface area contributed by atoms with E-state index in [-0.39, 0.29) is 52.9 Å². The molecule has 0 radical (unpaired) electrons. The molecule has 16 heteroatoms. The first kappa shape index (κ1) is 54.6. The van der Waals surface area contributed by atoms with E-state index in [1.54, 1.807) is 7.11 Å². The van der Waals surface area contributed by atoms with Crippen LogP contribution in [0.3, 0.4) is 0 Å². The van der Waals surface area contributed by atoms with Crippen LogP contribution in [-0.4, -0.2) is 129 Å². The number of benzene rings is 6. The average molecular weight is 1070 g/mol. The number of hydrogen-bond acceptors (Lipinski definition) is 16. The summed E-state index contributed by atoms with van der Waals surface area (Å²) >= 11 is 0. The molecule has 5 aliphatic heterocycles. The second-order valence-electron chi connectivity index (χ2n) is 20.1. The highest BCUT2D eigenvalue weighted by molar-refractivity contribution is 5.23. The van der Waals surface area contributed by atoms with Crippen LogP contribution in [0.15, 0.2) is 176 Å². The van der Waals surface area contributed by atoms with E-state index in [4.69, 9.17) is 66.3 Å². The number of methoxy groups -OCH3 is 1. The van der Waals surface area contributed by atoms with Crippen LogP contribution in [0.4, 0.5) is 0 Å². The normalized spacial score (nSPS) is 32.2. The van der Waals surface area contributed by atoms with E-state index in [2.05, 4.69) is 0 Å². The molecule has 4 bridgehead atoms. The molecule has 0 saturated carbocycles. The third-order valence-corrected chi connectivity index (χ3v) is 14.6. The van der Waals surface area contributed by atoms with Gasteiger partial charge in [-0.25, -0.2) is 0 Å². The molecule has 0 aromatic heterocycles. The highest BCUT2D eigenvalue weighted by Gasteiger charge is 2.57. The van der Waals surface area contributed by atoms with Crippen LogP contribution >= 0.6 is 0 Å². The quantitative estimate of drug-likeness (QED) is 0.0920. The van der Waals surface area contributed by atoms with Gasteiger partial charge in [0.2, 0.25) is 0 Å². The zero-order valence-electron chi connectivity index (χ0n) is 43.5. The molecule has 6 aromatic carbocycles. The van der Waals surface area contributed by atoms with Gasteiger partial charge in [-0.15, -0.1) is 0 Å². The Kier molecular flexibility index (Phi) is 18.7. The third kappa shape index (κ3) is 13.5. The summed E-state index contributed by atoms with van der Waals surface area (Å²) in [7, 11) is 1.57. The molecule has 78 heavy (non-hydrogen) atoms. The molecule has 4 saturated heterocycles. The van der Waals surface area contributed by atoms with Crippen LogP contribution in [0.1, 0.15) is 45.2 Å². The fraction of sp³-hybridized carbons (Fsp3) is 0.419. The van der Waals surface area contributed by atoms with Gasteiger partial charge in [0, 0.05) is 12.7 Å². The number of aliphatic hydroxyl groups excluding tert-OH is 2. The molecule has 0 aliphatic carbocycles. The Balaban J connectivity index is 0.974. The Morgan fingerprint density at radius 1 is 0.462 bits per heavy atom. The summed E-state index contributed by atoms with van der Waals surface area (Å²) in [5.41, 5.74) is 6.23. The van der Waals surface area contributed by atoms with Gasteiger partial charge in [0.05, 0.1) is 59.5 Å². The standard InChI is InChI=1S/C62H68O16/c1-65-61-58(71-35-43-24-13-5-14-25-43)56-53(47(74-61)37-66-31-40-18-7-2-8-19-40)68-36-45-27-17-26-44(30-45)32-67-38-48-54(77-60-51(64)50(63)52-49(73-60)39-72-59(76-52)46-28-15-6-16-29-46)55(69-33-41-20-9-3-10-21-41)57(62(75-48)78-56)70-34-42-22-11-4-12-23-42/h2-30,47-64H,31-39H2,1H3/t47-,48-,49-,50-,51-,52-,53+,54-,55+,56+,57-,58-,59-,60-,61+,62+/m1/s1. The smallest absolute Gasteiger partial charge is 0.187 e. The number of ether oxygens (including phenoxy) is 14. The Morgan fingerprint density at radius 2 is 1.04 bits per heavy atom. The minimum atomic E-state index is -1.58. The zero-order chi connectivity index (χ0) is 53.0. The van der Waals surface area contributed by atoms with E-state index in [0.717, 1.165) is 38.9 Å². The summed E-state index contributed by atoms with van der Waals surface area (Å²) in [6.45, 7) is 1.25. The molecule has 16 atom stereocenters. The van der Waals surface area contributed by atoms with E-state index >= 15 is 0 Å². The molecular weight excluding hydrogens is 1000 g/mol. The molecule has 0 unspecified atom stereocenters. The highest BCUT2D eigenvalue weighted by Crippen LogP contribution is 2.40. The van der Waals surface area contributed by atoms with Gasteiger partial charge in [-0.2, -0.15) is 0 Å².